The summed E-state index contributed by atoms with van der Waals surface area (Å²) < 4.78 is 0. The highest BCUT2D eigenvalue weighted by atomic mass is 16.5. The topological polar surface area (TPSA) is 78.4 Å². The number of carbonyl (C=O) groups excluding carboxylic acids is 2. The van der Waals surface area contributed by atoms with Crippen molar-refractivity contribution < 1.29 is 14.8 Å². The normalized spacial score (nSPS) is 12.7. The Bertz CT molecular complexity index is 492. The molecule has 110 valence electrons. The smallest absolute Gasteiger partial charge is 0.274 e. The van der Waals surface area contributed by atoms with Crippen molar-refractivity contribution in [2.75, 3.05) is 0 Å². The highest BCUT2D eigenvalue weighted by Gasteiger charge is 2.18. The fourth-order valence-corrected chi connectivity index (χ4v) is 1.87. The van der Waals surface area contributed by atoms with Crippen LogP contribution in [0.1, 0.15) is 56.1 Å². The van der Waals surface area contributed by atoms with Crippen LogP contribution in [0.2, 0.25) is 0 Å². The molecule has 0 saturated carbocycles. The predicted molar refractivity (Wildman–Crippen MR) is 76.3 cm³/mol. The van der Waals surface area contributed by atoms with Crippen LogP contribution in [0.15, 0.2) is 24.3 Å². The molecule has 0 bridgehead atoms. The Morgan fingerprint density at radius 1 is 1.30 bits per heavy atom. The lowest BCUT2D eigenvalue weighted by Crippen LogP contribution is -2.30. The van der Waals surface area contributed by atoms with Gasteiger partial charge in [0.05, 0.1) is 6.04 Å². The van der Waals surface area contributed by atoms with Crippen molar-refractivity contribution in [2.24, 2.45) is 5.41 Å². The summed E-state index contributed by atoms with van der Waals surface area (Å²) in [6.07, 6.45) is 0.439. The first-order valence-electron chi connectivity index (χ1n) is 6.57. The third kappa shape index (κ3) is 5.01. The summed E-state index contributed by atoms with van der Waals surface area (Å²) in [4.78, 5) is 23.2. The monoisotopic (exact) mass is 278 g/mol. The number of hydrogen-bond donors (Lipinski definition) is 3. The molecular weight excluding hydrogens is 256 g/mol. The van der Waals surface area contributed by atoms with Crippen LogP contribution < -0.4 is 10.8 Å². The number of rotatable bonds is 4. The highest BCUT2D eigenvalue weighted by molar-refractivity contribution is 5.93. The number of hydroxylamine groups is 1. The van der Waals surface area contributed by atoms with Gasteiger partial charge in [-0.1, -0.05) is 32.9 Å². The van der Waals surface area contributed by atoms with Crippen LogP contribution in [0.4, 0.5) is 0 Å². The van der Waals surface area contributed by atoms with Crippen molar-refractivity contribution in [1.29, 1.82) is 0 Å². The van der Waals surface area contributed by atoms with Gasteiger partial charge in [-0.15, -0.1) is 0 Å². The fraction of sp³-hybridized carbons (Fsp3) is 0.467. The summed E-state index contributed by atoms with van der Waals surface area (Å²) in [5, 5.41) is 11.5. The molecule has 0 radical (unpaired) electrons. The summed E-state index contributed by atoms with van der Waals surface area (Å²) in [6, 6.07) is 6.59. The minimum atomic E-state index is -0.569. The Balaban J connectivity index is 2.75. The third-order valence-corrected chi connectivity index (χ3v) is 2.82. The number of nitrogens with one attached hydrogen (secondary N) is 2. The predicted octanol–water partition coefficient (Wildman–Crippen LogP) is 2.42. The van der Waals surface area contributed by atoms with Gasteiger partial charge in [0, 0.05) is 12.0 Å². The van der Waals surface area contributed by atoms with Crippen molar-refractivity contribution in [3.05, 3.63) is 35.4 Å². The zero-order valence-corrected chi connectivity index (χ0v) is 12.4. The molecule has 0 spiro atoms. The van der Waals surface area contributed by atoms with E-state index in [1.54, 1.807) is 23.7 Å². The van der Waals surface area contributed by atoms with E-state index in [9.17, 15) is 9.59 Å². The van der Waals surface area contributed by atoms with E-state index in [4.69, 9.17) is 5.21 Å². The molecular formula is C15H22N2O3. The van der Waals surface area contributed by atoms with Crippen LogP contribution in [-0.2, 0) is 4.79 Å². The second-order valence-corrected chi connectivity index (χ2v) is 6.09. The summed E-state index contributed by atoms with van der Waals surface area (Å²) >= 11 is 0. The second kappa shape index (κ2) is 6.52. The molecule has 1 unspecified atom stereocenters. The highest BCUT2D eigenvalue weighted by Crippen LogP contribution is 2.20. The summed E-state index contributed by atoms with van der Waals surface area (Å²) in [6.45, 7) is 7.87. The largest absolute Gasteiger partial charge is 0.350 e. The van der Waals surface area contributed by atoms with Crippen LogP contribution in [-0.4, -0.2) is 17.0 Å². The number of carbonyl (C=O) groups is 2. The van der Waals surface area contributed by atoms with Gasteiger partial charge in [-0.05, 0) is 30.0 Å². The van der Waals surface area contributed by atoms with Gasteiger partial charge in [-0.25, -0.2) is 5.48 Å². The summed E-state index contributed by atoms with van der Waals surface area (Å²) in [7, 11) is 0. The molecule has 2 amide bonds. The molecule has 5 heteroatoms. The third-order valence-electron chi connectivity index (χ3n) is 2.82. The van der Waals surface area contributed by atoms with Crippen LogP contribution in [0.3, 0.4) is 0 Å². The van der Waals surface area contributed by atoms with E-state index >= 15 is 0 Å². The molecule has 0 heterocycles. The van der Waals surface area contributed by atoms with Gasteiger partial charge < -0.3 is 5.32 Å². The van der Waals surface area contributed by atoms with Gasteiger partial charge in [-0.2, -0.15) is 0 Å². The molecule has 1 aromatic carbocycles. The van der Waals surface area contributed by atoms with Gasteiger partial charge in [0.15, 0.2) is 0 Å². The van der Waals surface area contributed by atoms with E-state index in [1.165, 1.54) is 0 Å². The van der Waals surface area contributed by atoms with E-state index < -0.39 is 5.91 Å². The Kier molecular flexibility index (Phi) is 5.27. The van der Waals surface area contributed by atoms with Gasteiger partial charge in [0.1, 0.15) is 0 Å². The quantitative estimate of drug-likeness (QED) is 0.584. The SMILES string of the molecule is CC(NC(=O)CC(C)(C)C)c1cccc(C(=O)NO)c1. The molecule has 0 fully saturated rings. The zero-order chi connectivity index (χ0) is 15.3. The molecule has 0 saturated heterocycles. The summed E-state index contributed by atoms with van der Waals surface area (Å²) in [5.41, 5.74) is 2.69. The van der Waals surface area contributed by atoms with Crippen molar-refractivity contribution in [3.63, 3.8) is 0 Å². The first kappa shape index (κ1) is 16.2. The van der Waals surface area contributed by atoms with Gasteiger partial charge >= 0.3 is 0 Å². The standard InChI is InChI=1S/C15H22N2O3/c1-10(16-13(18)9-15(2,3)4)11-6-5-7-12(8-11)14(19)17-20/h5-8,10,20H,9H2,1-4H3,(H,16,18)(H,17,19). The van der Waals surface area contributed by atoms with Crippen molar-refractivity contribution in [1.82, 2.24) is 10.8 Å². The van der Waals surface area contributed by atoms with E-state index in [0.717, 1.165) is 5.56 Å². The van der Waals surface area contributed by atoms with Crippen LogP contribution in [0, 0.1) is 5.41 Å². The van der Waals surface area contributed by atoms with Crippen LogP contribution in [0.25, 0.3) is 0 Å². The maximum atomic E-state index is 11.9. The Labute approximate surface area is 119 Å². The molecule has 0 aromatic heterocycles. The molecule has 0 aliphatic carbocycles. The molecule has 5 nitrogen and oxygen atoms in total. The Morgan fingerprint density at radius 3 is 2.50 bits per heavy atom. The molecule has 0 aliphatic heterocycles. The van der Waals surface area contributed by atoms with Crippen molar-refractivity contribution in [3.8, 4) is 0 Å². The maximum absolute atomic E-state index is 11.9. The van der Waals surface area contributed by atoms with E-state index in [2.05, 4.69) is 5.32 Å². The Morgan fingerprint density at radius 2 is 1.95 bits per heavy atom. The molecule has 1 rings (SSSR count). The lowest BCUT2D eigenvalue weighted by Gasteiger charge is -2.20. The average molecular weight is 278 g/mol. The van der Waals surface area contributed by atoms with Crippen LogP contribution in [0.5, 0.6) is 0 Å². The molecule has 0 aliphatic rings. The lowest BCUT2D eigenvalue weighted by atomic mass is 9.91. The van der Waals surface area contributed by atoms with Gasteiger partial charge in [0.2, 0.25) is 5.91 Å². The van der Waals surface area contributed by atoms with Gasteiger partial charge in [-0.3, -0.25) is 14.8 Å². The minimum Gasteiger partial charge on any atom is -0.350 e. The van der Waals surface area contributed by atoms with E-state index in [0.29, 0.717) is 12.0 Å². The molecule has 3 N–H and O–H groups in total. The first-order chi connectivity index (χ1) is 9.23. The molecule has 1 aromatic rings. The van der Waals surface area contributed by atoms with Crippen LogP contribution >= 0.6 is 0 Å². The lowest BCUT2D eigenvalue weighted by molar-refractivity contribution is -0.123. The zero-order valence-electron chi connectivity index (χ0n) is 12.4. The van der Waals surface area contributed by atoms with Crippen molar-refractivity contribution >= 4 is 11.8 Å². The number of hydrogen-bond acceptors (Lipinski definition) is 3. The fourth-order valence-electron chi connectivity index (χ4n) is 1.87. The van der Waals surface area contributed by atoms with E-state index in [1.807, 2.05) is 33.8 Å². The molecule has 20 heavy (non-hydrogen) atoms. The maximum Gasteiger partial charge on any atom is 0.274 e. The summed E-state index contributed by atoms with van der Waals surface area (Å²) in [5.74, 6) is -0.595. The average Bonchev–Trinajstić information content (AvgIpc) is 2.35. The van der Waals surface area contributed by atoms with Crippen molar-refractivity contribution in [2.45, 2.75) is 40.2 Å². The Hall–Kier alpha value is -1.88. The van der Waals surface area contributed by atoms with Gasteiger partial charge in [0.25, 0.3) is 5.91 Å². The second-order valence-electron chi connectivity index (χ2n) is 6.09. The minimum absolute atomic E-state index is 0.0259. The number of benzene rings is 1. The van der Waals surface area contributed by atoms with E-state index in [-0.39, 0.29) is 17.4 Å². The number of amides is 2. The molecule has 1 atom stereocenters. The first-order valence-corrected chi connectivity index (χ1v) is 6.57.